The summed E-state index contributed by atoms with van der Waals surface area (Å²) < 4.78 is 30.8. The Morgan fingerprint density at radius 3 is 2.48 bits per heavy atom. The van der Waals surface area contributed by atoms with Crippen molar-refractivity contribution in [2.24, 2.45) is 0 Å². The minimum Gasteiger partial charge on any atom is -0.440 e. The molecule has 2 aromatic carbocycles. The van der Waals surface area contributed by atoms with Crippen molar-refractivity contribution in [2.45, 2.75) is 24.5 Å². The van der Waals surface area contributed by atoms with E-state index in [0.717, 1.165) is 16.7 Å². The van der Waals surface area contributed by atoms with E-state index in [0.29, 0.717) is 10.7 Å². The maximum atomic E-state index is 12.6. The van der Waals surface area contributed by atoms with Gasteiger partial charge in [0, 0.05) is 5.56 Å². The van der Waals surface area contributed by atoms with Crippen molar-refractivity contribution in [1.29, 1.82) is 0 Å². The molecule has 0 saturated heterocycles. The van der Waals surface area contributed by atoms with Crippen LogP contribution in [0.25, 0.3) is 11.3 Å². The van der Waals surface area contributed by atoms with Gasteiger partial charge in [-0.2, -0.15) is 0 Å². The Morgan fingerprint density at radius 2 is 1.78 bits per heavy atom. The van der Waals surface area contributed by atoms with E-state index in [1.807, 2.05) is 43.3 Å². The van der Waals surface area contributed by atoms with Crippen LogP contribution < -0.4 is 0 Å². The van der Waals surface area contributed by atoms with Crippen LogP contribution in [0.4, 0.5) is 0 Å². The highest BCUT2D eigenvalue weighted by atomic mass is 32.2. The largest absolute Gasteiger partial charge is 0.440 e. The average Bonchev–Trinajstić information content (AvgIpc) is 2.95. The van der Waals surface area contributed by atoms with Gasteiger partial charge in [0.05, 0.1) is 11.1 Å². The first-order valence-electron chi connectivity index (χ1n) is 7.26. The monoisotopic (exact) mass is 327 g/mol. The van der Waals surface area contributed by atoms with Crippen LogP contribution in [0.15, 0.2) is 64.0 Å². The molecule has 0 aliphatic heterocycles. The number of hydrogen-bond donors (Lipinski definition) is 0. The van der Waals surface area contributed by atoms with Crippen molar-refractivity contribution in [3.63, 3.8) is 0 Å². The standard InChI is InChI=1S/C18H17NO3S/c1-13-8-9-17(14(2)10-13)23(20,21)12-18-19-11-16(22-18)15-6-4-3-5-7-15/h3-11H,12H2,1-2H3. The number of nitrogens with zero attached hydrogens (tertiary/aromatic N) is 1. The summed E-state index contributed by atoms with van der Waals surface area (Å²) in [7, 11) is -3.49. The van der Waals surface area contributed by atoms with E-state index in [-0.39, 0.29) is 11.6 Å². The van der Waals surface area contributed by atoms with Gasteiger partial charge in [0.15, 0.2) is 15.6 Å². The number of aryl methyl sites for hydroxylation is 2. The molecule has 0 saturated carbocycles. The van der Waals surface area contributed by atoms with Gasteiger partial charge in [0.25, 0.3) is 0 Å². The molecule has 1 aromatic heterocycles. The summed E-state index contributed by atoms with van der Waals surface area (Å²) >= 11 is 0. The summed E-state index contributed by atoms with van der Waals surface area (Å²) in [6.07, 6.45) is 1.56. The van der Waals surface area contributed by atoms with Crippen molar-refractivity contribution in [1.82, 2.24) is 4.98 Å². The molecule has 3 rings (SSSR count). The van der Waals surface area contributed by atoms with E-state index in [1.54, 1.807) is 25.3 Å². The van der Waals surface area contributed by atoms with Crippen LogP contribution in [0.1, 0.15) is 17.0 Å². The van der Waals surface area contributed by atoms with E-state index in [1.165, 1.54) is 0 Å². The van der Waals surface area contributed by atoms with Gasteiger partial charge >= 0.3 is 0 Å². The molecule has 0 bridgehead atoms. The average molecular weight is 327 g/mol. The van der Waals surface area contributed by atoms with E-state index in [9.17, 15) is 8.42 Å². The zero-order valence-electron chi connectivity index (χ0n) is 13.0. The first kappa shape index (κ1) is 15.5. The second-order valence-corrected chi connectivity index (χ2v) is 7.47. The Morgan fingerprint density at radius 1 is 1.04 bits per heavy atom. The number of benzene rings is 2. The molecular weight excluding hydrogens is 310 g/mol. The zero-order valence-corrected chi connectivity index (χ0v) is 13.8. The summed E-state index contributed by atoms with van der Waals surface area (Å²) in [5, 5.41) is 0. The van der Waals surface area contributed by atoms with Crippen molar-refractivity contribution >= 4 is 9.84 Å². The van der Waals surface area contributed by atoms with Crippen molar-refractivity contribution in [2.75, 3.05) is 0 Å². The Balaban J connectivity index is 1.88. The van der Waals surface area contributed by atoms with E-state index in [4.69, 9.17) is 4.42 Å². The van der Waals surface area contributed by atoms with Crippen LogP contribution in [0, 0.1) is 13.8 Å². The lowest BCUT2D eigenvalue weighted by Gasteiger charge is -2.06. The molecule has 0 aliphatic rings. The molecule has 0 atom stereocenters. The fourth-order valence-electron chi connectivity index (χ4n) is 2.50. The van der Waals surface area contributed by atoms with E-state index in [2.05, 4.69) is 4.98 Å². The van der Waals surface area contributed by atoms with Crippen LogP contribution >= 0.6 is 0 Å². The predicted octanol–water partition coefficient (Wildman–Crippen LogP) is 3.93. The molecule has 0 spiro atoms. The molecular formula is C18H17NO3S. The molecule has 3 aromatic rings. The van der Waals surface area contributed by atoms with Gasteiger partial charge in [-0.25, -0.2) is 13.4 Å². The predicted molar refractivity (Wildman–Crippen MR) is 88.7 cm³/mol. The van der Waals surface area contributed by atoms with Gasteiger partial charge in [0.2, 0.25) is 5.89 Å². The normalized spacial score (nSPS) is 11.6. The lowest BCUT2D eigenvalue weighted by molar-refractivity contribution is 0.519. The molecule has 118 valence electrons. The fourth-order valence-corrected chi connectivity index (χ4v) is 3.94. The topological polar surface area (TPSA) is 60.2 Å². The zero-order chi connectivity index (χ0) is 16.4. The van der Waals surface area contributed by atoms with Gasteiger partial charge in [-0.15, -0.1) is 0 Å². The summed E-state index contributed by atoms with van der Waals surface area (Å²) in [5.74, 6) is 0.518. The highest BCUT2D eigenvalue weighted by Crippen LogP contribution is 2.24. The third-order valence-corrected chi connectivity index (χ3v) is 5.35. The number of aromatic nitrogens is 1. The molecule has 0 unspecified atom stereocenters. The molecule has 5 heteroatoms. The van der Waals surface area contributed by atoms with Gasteiger partial charge in [-0.1, -0.05) is 48.0 Å². The molecule has 0 amide bonds. The number of sulfone groups is 1. The minimum atomic E-state index is -3.49. The number of oxazole rings is 1. The Kier molecular flexibility index (Phi) is 4.05. The lowest BCUT2D eigenvalue weighted by Crippen LogP contribution is -2.07. The quantitative estimate of drug-likeness (QED) is 0.728. The summed E-state index contributed by atoms with van der Waals surface area (Å²) in [4.78, 5) is 4.43. The van der Waals surface area contributed by atoms with Gasteiger partial charge < -0.3 is 4.42 Å². The molecule has 0 radical (unpaired) electrons. The smallest absolute Gasteiger partial charge is 0.210 e. The first-order valence-corrected chi connectivity index (χ1v) is 8.91. The Labute approximate surface area is 135 Å². The molecule has 0 N–H and O–H groups in total. The summed E-state index contributed by atoms with van der Waals surface area (Å²) in [6, 6.07) is 14.8. The van der Waals surface area contributed by atoms with Crippen molar-refractivity contribution in [3.8, 4) is 11.3 Å². The van der Waals surface area contributed by atoms with Crippen LogP contribution in [0.2, 0.25) is 0 Å². The number of hydrogen-bond acceptors (Lipinski definition) is 4. The Bertz CT molecular complexity index is 928. The van der Waals surface area contributed by atoms with Gasteiger partial charge in [-0.05, 0) is 25.5 Å². The van der Waals surface area contributed by atoms with Crippen LogP contribution in [0.5, 0.6) is 0 Å². The molecule has 1 heterocycles. The fraction of sp³-hybridized carbons (Fsp3) is 0.167. The molecule has 4 nitrogen and oxygen atoms in total. The van der Waals surface area contributed by atoms with E-state index < -0.39 is 9.84 Å². The molecule has 0 fully saturated rings. The minimum absolute atomic E-state index is 0.198. The number of rotatable bonds is 4. The third kappa shape index (κ3) is 3.35. The summed E-state index contributed by atoms with van der Waals surface area (Å²) in [6.45, 7) is 3.73. The first-order chi connectivity index (χ1) is 11.0. The molecule has 23 heavy (non-hydrogen) atoms. The highest BCUT2D eigenvalue weighted by molar-refractivity contribution is 7.90. The SMILES string of the molecule is Cc1ccc(S(=O)(=O)Cc2ncc(-c3ccccc3)o2)c(C)c1. The van der Waals surface area contributed by atoms with Crippen LogP contribution in [-0.2, 0) is 15.6 Å². The van der Waals surface area contributed by atoms with Crippen LogP contribution in [-0.4, -0.2) is 13.4 Å². The maximum absolute atomic E-state index is 12.6. The van der Waals surface area contributed by atoms with Crippen LogP contribution in [0.3, 0.4) is 0 Å². The van der Waals surface area contributed by atoms with Crippen molar-refractivity contribution in [3.05, 3.63) is 71.7 Å². The van der Waals surface area contributed by atoms with Gasteiger partial charge in [-0.3, -0.25) is 0 Å². The Hall–Kier alpha value is -2.40. The second kappa shape index (κ2) is 6.01. The van der Waals surface area contributed by atoms with Gasteiger partial charge in [0.1, 0.15) is 5.75 Å². The third-order valence-electron chi connectivity index (χ3n) is 3.59. The second-order valence-electron chi connectivity index (χ2n) is 5.51. The highest BCUT2D eigenvalue weighted by Gasteiger charge is 2.21. The maximum Gasteiger partial charge on any atom is 0.210 e. The molecule has 0 aliphatic carbocycles. The van der Waals surface area contributed by atoms with E-state index >= 15 is 0 Å². The van der Waals surface area contributed by atoms with Crippen molar-refractivity contribution < 1.29 is 12.8 Å². The lowest BCUT2D eigenvalue weighted by atomic mass is 10.2. The summed E-state index contributed by atoms with van der Waals surface area (Å²) in [5.41, 5.74) is 2.64.